The molecule has 4 rings (SSSR count). The van der Waals surface area contributed by atoms with Crippen LogP contribution in [0.1, 0.15) is 15.5 Å². The maximum atomic E-state index is 12.3. The van der Waals surface area contributed by atoms with E-state index in [9.17, 15) is 4.79 Å². The van der Waals surface area contributed by atoms with Gasteiger partial charge in [0.15, 0.2) is 0 Å². The van der Waals surface area contributed by atoms with E-state index in [1.165, 1.54) is 0 Å². The minimum atomic E-state index is -0.199. The van der Waals surface area contributed by atoms with E-state index in [2.05, 4.69) is 26.4 Å². The quantitative estimate of drug-likeness (QED) is 0.601. The number of carbonyl (C=O) groups excluding carboxylic acids is 1. The summed E-state index contributed by atoms with van der Waals surface area (Å²) >= 11 is 1.66. The first-order valence-corrected chi connectivity index (χ1v) is 8.70. The van der Waals surface area contributed by atoms with Crippen molar-refractivity contribution in [3.05, 3.63) is 71.8 Å². The van der Waals surface area contributed by atoms with E-state index in [0.717, 1.165) is 20.9 Å². The monoisotopic (exact) mass is 349 g/mol. The van der Waals surface area contributed by atoms with Gasteiger partial charge in [-0.1, -0.05) is 12.1 Å². The highest BCUT2D eigenvalue weighted by atomic mass is 32.1. The van der Waals surface area contributed by atoms with Crippen LogP contribution in [-0.4, -0.2) is 32.2 Å². The Hall–Kier alpha value is -3.06. The van der Waals surface area contributed by atoms with Crippen LogP contribution in [0, 0.1) is 0 Å². The second-order valence-electron chi connectivity index (χ2n) is 5.43. The molecular weight excluding hydrogens is 334 g/mol. The van der Waals surface area contributed by atoms with E-state index in [0.29, 0.717) is 18.7 Å². The summed E-state index contributed by atoms with van der Waals surface area (Å²) in [6, 6.07) is 13.4. The summed E-state index contributed by atoms with van der Waals surface area (Å²) in [6.45, 7) is 0.520. The van der Waals surface area contributed by atoms with Crippen molar-refractivity contribution in [3.8, 4) is 5.69 Å². The molecule has 0 saturated heterocycles. The van der Waals surface area contributed by atoms with Crippen LogP contribution in [0.15, 0.2) is 61.1 Å². The van der Waals surface area contributed by atoms with Gasteiger partial charge in [-0.25, -0.2) is 9.67 Å². The molecule has 3 aromatic heterocycles. The third-order valence-electron chi connectivity index (χ3n) is 3.71. The molecule has 1 amide bonds. The zero-order valence-electron chi connectivity index (χ0n) is 13.3. The van der Waals surface area contributed by atoms with Crippen LogP contribution in [0.4, 0.5) is 0 Å². The molecule has 0 radical (unpaired) electrons. The first-order valence-electron chi connectivity index (χ1n) is 7.88. The van der Waals surface area contributed by atoms with Gasteiger partial charge in [0.05, 0.1) is 20.9 Å². The van der Waals surface area contributed by atoms with Crippen LogP contribution in [-0.2, 0) is 6.42 Å². The van der Waals surface area contributed by atoms with E-state index in [4.69, 9.17) is 0 Å². The molecule has 7 heteroatoms. The van der Waals surface area contributed by atoms with Gasteiger partial charge in [-0.15, -0.1) is 11.3 Å². The van der Waals surface area contributed by atoms with Crippen molar-refractivity contribution in [3.63, 3.8) is 0 Å². The molecule has 1 N–H and O–H groups in total. The Morgan fingerprint density at radius 2 is 2.08 bits per heavy atom. The summed E-state index contributed by atoms with van der Waals surface area (Å²) in [4.78, 5) is 21.0. The smallest absolute Gasteiger partial charge is 0.269 e. The Bertz CT molecular complexity index is 976. The van der Waals surface area contributed by atoms with E-state index in [-0.39, 0.29) is 5.91 Å². The molecule has 0 fully saturated rings. The minimum absolute atomic E-state index is 0.199. The van der Waals surface area contributed by atoms with Crippen molar-refractivity contribution >= 4 is 27.5 Å². The number of hydrogen-bond acceptors (Lipinski definition) is 5. The Kier molecular flexibility index (Phi) is 4.22. The van der Waals surface area contributed by atoms with Crippen molar-refractivity contribution in [1.29, 1.82) is 0 Å². The number of fused-ring (bicyclic) bond motifs is 1. The predicted molar refractivity (Wildman–Crippen MR) is 97.0 cm³/mol. The number of thiazole rings is 1. The highest BCUT2D eigenvalue weighted by molar-refractivity contribution is 7.18. The van der Waals surface area contributed by atoms with Crippen LogP contribution in [0.2, 0.25) is 0 Å². The second kappa shape index (κ2) is 6.82. The van der Waals surface area contributed by atoms with Crippen molar-refractivity contribution in [1.82, 2.24) is 25.1 Å². The maximum absolute atomic E-state index is 12.3. The lowest BCUT2D eigenvalue weighted by Gasteiger charge is -2.05. The lowest BCUT2D eigenvalue weighted by Crippen LogP contribution is -2.26. The SMILES string of the molecule is O=C(NCCc1nc2ccccc2s1)c1cc(-n2cccn2)ccn1. The van der Waals surface area contributed by atoms with Gasteiger partial charge in [-0.3, -0.25) is 9.78 Å². The van der Waals surface area contributed by atoms with Crippen LogP contribution in [0.5, 0.6) is 0 Å². The molecule has 0 aliphatic carbocycles. The third kappa shape index (κ3) is 3.41. The molecular formula is C18H15N5OS. The molecule has 0 bridgehead atoms. The molecule has 0 atom stereocenters. The fraction of sp³-hybridized carbons (Fsp3) is 0.111. The van der Waals surface area contributed by atoms with Crippen molar-refractivity contribution in [2.24, 2.45) is 0 Å². The molecule has 4 aromatic rings. The molecule has 0 aliphatic rings. The van der Waals surface area contributed by atoms with Crippen molar-refractivity contribution in [2.75, 3.05) is 6.54 Å². The average Bonchev–Trinajstić information content (AvgIpc) is 3.31. The zero-order valence-corrected chi connectivity index (χ0v) is 14.1. The second-order valence-corrected chi connectivity index (χ2v) is 6.55. The average molecular weight is 349 g/mol. The lowest BCUT2D eigenvalue weighted by atomic mass is 10.3. The fourth-order valence-electron chi connectivity index (χ4n) is 2.51. The van der Waals surface area contributed by atoms with Gasteiger partial charge >= 0.3 is 0 Å². The maximum Gasteiger partial charge on any atom is 0.269 e. The molecule has 0 spiro atoms. The zero-order chi connectivity index (χ0) is 17.1. The first-order chi connectivity index (χ1) is 12.3. The van der Waals surface area contributed by atoms with E-state index in [1.807, 2.05) is 36.5 Å². The number of carbonyl (C=O) groups is 1. The van der Waals surface area contributed by atoms with E-state index < -0.39 is 0 Å². The summed E-state index contributed by atoms with van der Waals surface area (Å²) < 4.78 is 2.86. The topological polar surface area (TPSA) is 72.7 Å². The highest BCUT2D eigenvalue weighted by Crippen LogP contribution is 2.21. The Labute approximate surface area is 148 Å². The summed E-state index contributed by atoms with van der Waals surface area (Å²) in [5.74, 6) is -0.199. The molecule has 6 nitrogen and oxygen atoms in total. The Morgan fingerprint density at radius 3 is 2.92 bits per heavy atom. The third-order valence-corrected chi connectivity index (χ3v) is 4.80. The van der Waals surface area contributed by atoms with Gasteiger partial charge in [-0.05, 0) is 30.3 Å². The number of aromatic nitrogens is 4. The number of rotatable bonds is 5. The van der Waals surface area contributed by atoms with E-state index in [1.54, 1.807) is 34.5 Å². The van der Waals surface area contributed by atoms with Gasteiger partial charge in [0, 0.05) is 31.6 Å². The Balaban J connectivity index is 1.39. The summed E-state index contributed by atoms with van der Waals surface area (Å²) in [5, 5.41) is 8.07. The number of pyridine rings is 1. The number of para-hydroxylation sites is 1. The van der Waals surface area contributed by atoms with Gasteiger partial charge in [0.25, 0.3) is 5.91 Å². The molecule has 0 saturated carbocycles. The van der Waals surface area contributed by atoms with Gasteiger partial charge in [-0.2, -0.15) is 5.10 Å². The summed E-state index contributed by atoms with van der Waals surface area (Å²) in [5.41, 5.74) is 2.18. The number of nitrogens with one attached hydrogen (secondary N) is 1. The lowest BCUT2D eigenvalue weighted by molar-refractivity contribution is 0.0949. The normalized spacial score (nSPS) is 10.9. The number of nitrogens with zero attached hydrogens (tertiary/aromatic N) is 4. The summed E-state index contributed by atoms with van der Waals surface area (Å²) in [7, 11) is 0. The first kappa shape index (κ1) is 15.5. The van der Waals surface area contributed by atoms with Crippen LogP contribution < -0.4 is 5.32 Å². The predicted octanol–water partition coefficient (Wildman–Crippen LogP) is 2.85. The van der Waals surface area contributed by atoms with Gasteiger partial charge in [0.2, 0.25) is 0 Å². The molecule has 3 heterocycles. The minimum Gasteiger partial charge on any atom is -0.350 e. The Morgan fingerprint density at radius 1 is 1.16 bits per heavy atom. The standard InChI is InChI=1S/C18H15N5OS/c24-18(15-12-13(6-9-19-15)23-11-3-8-21-23)20-10-7-17-22-14-4-1-2-5-16(14)25-17/h1-6,8-9,11-12H,7,10H2,(H,20,24). The molecule has 0 unspecified atom stereocenters. The fourth-order valence-corrected chi connectivity index (χ4v) is 3.47. The molecule has 124 valence electrons. The molecule has 1 aromatic carbocycles. The van der Waals surface area contributed by atoms with Crippen molar-refractivity contribution < 1.29 is 4.79 Å². The van der Waals surface area contributed by atoms with Gasteiger partial charge < -0.3 is 5.32 Å². The summed E-state index contributed by atoms with van der Waals surface area (Å²) in [6.07, 6.45) is 5.83. The van der Waals surface area contributed by atoms with Crippen LogP contribution >= 0.6 is 11.3 Å². The molecule has 25 heavy (non-hydrogen) atoms. The number of benzene rings is 1. The van der Waals surface area contributed by atoms with Gasteiger partial charge in [0.1, 0.15) is 5.69 Å². The number of hydrogen-bond donors (Lipinski definition) is 1. The molecule has 0 aliphatic heterocycles. The van der Waals surface area contributed by atoms with Crippen LogP contribution in [0.25, 0.3) is 15.9 Å². The number of amides is 1. The van der Waals surface area contributed by atoms with Crippen LogP contribution in [0.3, 0.4) is 0 Å². The largest absolute Gasteiger partial charge is 0.350 e. The van der Waals surface area contributed by atoms with E-state index >= 15 is 0 Å². The highest BCUT2D eigenvalue weighted by Gasteiger charge is 2.09. The van der Waals surface area contributed by atoms with Crippen molar-refractivity contribution in [2.45, 2.75) is 6.42 Å².